The third-order valence-corrected chi connectivity index (χ3v) is 6.04. The van der Waals surface area contributed by atoms with Crippen molar-refractivity contribution >= 4 is 5.95 Å². The second-order valence-electron chi connectivity index (χ2n) is 8.22. The number of aryl methyl sites for hydroxylation is 1. The molecule has 32 heavy (non-hydrogen) atoms. The van der Waals surface area contributed by atoms with E-state index in [1.807, 2.05) is 48.5 Å². The summed E-state index contributed by atoms with van der Waals surface area (Å²) in [6.45, 7) is 4.25. The largest absolute Gasteiger partial charge is 0.497 e. The van der Waals surface area contributed by atoms with Crippen LogP contribution in [0.25, 0.3) is 0 Å². The van der Waals surface area contributed by atoms with Crippen molar-refractivity contribution in [3.05, 3.63) is 86.2 Å². The average Bonchev–Trinajstić information content (AvgIpc) is 2.84. The Morgan fingerprint density at radius 2 is 1.38 bits per heavy atom. The van der Waals surface area contributed by atoms with Crippen LogP contribution in [0.1, 0.15) is 42.9 Å². The van der Waals surface area contributed by atoms with E-state index in [-0.39, 0.29) is 12.2 Å². The van der Waals surface area contributed by atoms with E-state index in [1.165, 1.54) is 10.1 Å². The topological polar surface area (TPSA) is 69.4 Å². The Hall–Kier alpha value is -3.35. The molecule has 0 radical (unpaired) electrons. The highest BCUT2D eigenvalue weighted by molar-refractivity contribution is 5.33. The fourth-order valence-electron chi connectivity index (χ4n) is 4.10. The van der Waals surface area contributed by atoms with Crippen LogP contribution in [0.3, 0.4) is 0 Å². The molecular weight excluding hydrogens is 404 g/mol. The Labute approximate surface area is 187 Å². The van der Waals surface area contributed by atoms with Gasteiger partial charge in [0, 0.05) is 13.1 Å². The summed E-state index contributed by atoms with van der Waals surface area (Å²) in [5, 5.41) is 0. The lowest BCUT2D eigenvalue weighted by atomic mass is 10.1. The molecule has 7 heteroatoms. The summed E-state index contributed by atoms with van der Waals surface area (Å²) < 4.78 is 8.11. The summed E-state index contributed by atoms with van der Waals surface area (Å²) in [6, 6.07) is 15.6. The van der Waals surface area contributed by atoms with Crippen molar-refractivity contribution < 1.29 is 4.74 Å². The molecule has 2 aromatic carbocycles. The van der Waals surface area contributed by atoms with Crippen molar-refractivity contribution in [1.82, 2.24) is 14.1 Å². The van der Waals surface area contributed by atoms with E-state index in [1.54, 1.807) is 11.7 Å². The molecule has 0 unspecified atom stereocenters. The molecule has 0 N–H and O–H groups in total. The number of hydrogen-bond donors (Lipinski definition) is 0. The number of piperidine rings is 1. The molecule has 168 valence electrons. The fraction of sp³-hybridized carbons (Fsp3) is 0.400. The Kier molecular flexibility index (Phi) is 6.73. The quantitative estimate of drug-likeness (QED) is 0.572. The van der Waals surface area contributed by atoms with Gasteiger partial charge in [0.25, 0.3) is 0 Å². The lowest BCUT2D eigenvalue weighted by Crippen LogP contribution is -2.46. The molecule has 0 atom stereocenters. The van der Waals surface area contributed by atoms with Crippen LogP contribution in [-0.2, 0) is 19.5 Å². The molecule has 0 amide bonds. The first-order valence-corrected chi connectivity index (χ1v) is 11.3. The average molecular weight is 435 g/mol. The molecule has 1 aliphatic heterocycles. The van der Waals surface area contributed by atoms with E-state index in [0.717, 1.165) is 55.6 Å². The van der Waals surface area contributed by atoms with Gasteiger partial charge in [0.05, 0.1) is 20.2 Å². The zero-order valence-corrected chi connectivity index (χ0v) is 18.8. The summed E-state index contributed by atoms with van der Waals surface area (Å²) in [5.41, 5.74) is 2.24. The maximum atomic E-state index is 13.5. The van der Waals surface area contributed by atoms with E-state index in [0.29, 0.717) is 12.5 Å². The number of ether oxygens (including phenoxy) is 1. The van der Waals surface area contributed by atoms with Gasteiger partial charge in [-0.25, -0.2) is 14.2 Å². The van der Waals surface area contributed by atoms with Gasteiger partial charge in [-0.15, -0.1) is 0 Å². The lowest BCUT2D eigenvalue weighted by Gasteiger charge is -2.29. The summed E-state index contributed by atoms with van der Waals surface area (Å²) >= 11 is 0. The third kappa shape index (κ3) is 4.77. The highest BCUT2D eigenvalue weighted by Crippen LogP contribution is 2.18. The molecule has 4 rings (SSSR count). The van der Waals surface area contributed by atoms with E-state index in [2.05, 4.69) is 16.8 Å². The van der Waals surface area contributed by atoms with Crippen LogP contribution in [0.4, 0.5) is 5.95 Å². The predicted octanol–water partition coefficient (Wildman–Crippen LogP) is 3.06. The van der Waals surface area contributed by atoms with Gasteiger partial charge < -0.3 is 9.64 Å². The Morgan fingerprint density at radius 3 is 1.97 bits per heavy atom. The number of anilines is 1. The fourth-order valence-corrected chi connectivity index (χ4v) is 4.10. The molecule has 2 heterocycles. The number of aromatic nitrogens is 3. The number of methoxy groups -OCH3 is 1. The van der Waals surface area contributed by atoms with Crippen molar-refractivity contribution in [3.63, 3.8) is 0 Å². The van der Waals surface area contributed by atoms with Gasteiger partial charge in [-0.3, -0.25) is 4.57 Å². The van der Waals surface area contributed by atoms with E-state index in [9.17, 15) is 9.59 Å². The van der Waals surface area contributed by atoms with Crippen molar-refractivity contribution in [3.8, 4) is 5.75 Å². The van der Waals surface area contributed by atoms with Crippen LogP contribution in [0, 0.1) is 0 Å². The van der Waals surface area contributed by atoms with Gasteiger partial charge in [-0.2, -0.15) is 4.98 Å². The Bertz CT molecular complexity index is 1160. The number of benzene rings is 2. The molecule has 7 nitrogen and oxygen atoms in total. The van der Waals surface area contributed by atoms with Crippen LogP contribution in [0.15, 0.2) is 58.1 Å². The van der Waals surface area contributed by atoms with Crippen molar-refractivity contribution in [2.75, 3.05) is 25.1 Å². The summed E-state index contributed by atoms with van der Waals surface area (Å²) in [6.07, 6.45) is 4.17. The minimum atomic E-state index is -0.499. The second kappa shape index (κ2) is 9.85. The first kappa shape index (κ1) is 21.9. The van der Waals surface area contributed by atoms with Gasteiger partial charge in [0.15, 0.2) is 0 Å². The third-order valence-electron chi connectivity index (χ3n) is 6.04. The minimum absolute atomic E-state index is 0.206. The zero-order valence-electron chi connectivity index (χ0n) is 18.8. The monoisotopic (exact) mass is 434 g/mol. The zero-order chi connectivity index (χ0) is 22.5. The SMILES string of the molecule is CCc1ccc(Cn2c(=O)nc(N3CCCCC3)n(Cc3ccc(OC)cc3)c2=O)cc1. The molecule has 1 aliphatic rings. The summed E-state index contributed by atoms with van der Waals surface area (Å²) in [4.78, 5) is 32.9. The van der Waals surface area contributed by atoms with E-state index >= 15 is 0 Å². The Morgan fingerprint density at radius 1 is 0.812 bits per heavy atom. The van der Waals surface area contributed by atoms with Crippen molar-refractivity contribution in [2.24, 2.45) is 0 Å². The summed E-state index contributed by atoms with van der Waals surface area (Å²) in [7, 11) is 1.63. The smallest absolute Gasteiger partial charge is 0.355 e. The number of hydrogen-bond acceptors (Lipinski definition) is 5. The molecule has 0 spiro atoms. The van der Waals surface area contributed by atoms with Gasteiger partial charge in [-0.1, -0.05) is 43.3 Å². The maximum Gasteiger partial charge on any atom is 0.355 e. The molecular formula is C25H30N4O3. The van der Waals surface area contributed by atoms with E-state index in [4.69, 9.17) is 4.74 Å². The molecule has 0 saturated carbocycles. The minimum Gasteiger partial charge on any atom is -0.497 e. The molecule has 1 fully saturated rings. The summed E-state index contributed by atoms with van der Waals surface area (Å²) in [5.74, 6) is 1.23. The first-order valence-electron chi connectivity index (χ1n) is 11.3. The molecule has 1 saturated heterocycles. The highest BCUT2D eigenvalue weighted by Gasteiger charge is 2.20. The lowest BCUT2D eigenvalue weighted by molar-refractivity contribution is 0.414. The van der Waals surface area contributed by atoms with Crippen LogP contribution < -0.4 is 21.0 Å². The number of rotatable bonds is 7. The van der Waals surface area contributed by atoms with Crippen LogP contribution in [0.2, 0.25) is 0 Å². The van der Waals surface area contributed by atoms with Gasteiger partial charge in [0.1, 0.15) is 5.75 Å². The molecule has 1 aromatic heterocycles. The van der Waals surface area contributed by atoms with Gasteiger partial charge in [0.2, 0.25) is 5.95 Å². The molecule has 0 aliphatic carbocycles. The Balaban J connectivity index is 1.74. The van der Waals surface area contributed by atoms with Crippen molar-refractivity contribution in [2.45, 2.75) is 45.7 Å². The molecule has 3 aromatic rings. The first-order chi connectivity index (χ1) is 15.6. The van der Waals surface area contributed by atoms with Crippen LogP contribution in [0.5, 0.6) is 5.75 Å². The van der Waals surface area contributed by atoms with Crippen molar-refractivity contribution in [1.29, 1.82) is 0 Å². The molecule has 0 bridgehead atoms. The van der Waals surface area contributed by atoms with Crippen LogP contribution >= 0.6 is 0 Å². The van der Waals surface area contributed by atoms with Gasteiger partial charge >= 0.3 is 11.4 Å². The number of nitrogens with zero attached hydrogens (tertiary/aromatic N) is 4. The second-order valence-corrected chi connectivity index (χ2v) is 8.22. The van der Waals surface area contributed by atoms with Crippen LogP contribution in [-0.4, -0.2) is 34.3 Å². The highest BCUT2D eigenvalue weighted by atomic mass is 16.5. The maximum absolute atomic E-state index is 13.5. The van der Waals surface area contributed by atoms with E-state index < -0.39 is 5.69 Å². The van der Waals surface area contributed by atoms with Gasteiger partial charge in [-0.05, 0) is 54.5 Å². The predicted molar refractivity (Wildman–Crippen MR) is 126 cm³/mol. The normalized spacial score (nSPS) is 13.9. The standard InChI is InChI=1S/C25H30N4O3/c1-3-19-7-9-20(10-8-19)18-29-24(30)26-23(27-15-5-4-6-16-27)28(25(29)31)17-21-11-13-22(32-2)14-12-21/h7-14H,3-6,15-18H2,1-2H3.